The molecular weight excluding hydrogens is 242 g/mol. The van der Waals surface area contributed by atoms with Gasteiger partial charge in [0.05, 0.1) is 13.2 Å². The number of hydrogen-bond donors (Lipinski definition) is 3. The minimum absolute atomic E-state index is 0.0306. The highest BCUT2D eigenvalue weighted by Gasteiger charge is 2.17. The van der Waals surface area contributed by atoms with Gasteiger partial charge in [-0.3, -0.25) is 0 Å². The fourth-order valence-corrected chi connectivity index (χ4v) is 1.90. The summed E-state index contributed by atoms with van der Waals surface area (Å²) in [5.74, 6) is 0.747. The van der Waals surface area contributed by atoms with Gasteiger partial charge in [-0.2, -0.15) is 0 Å². The predicted molar refractivity (Wildman–Crippen MR) is 76.3 cm³/mol. The van der Waals surface area contributed by atoms with Crippen LogP contribution in [0.2, 0.25) is 0 Å². The van der Waals surface area contributed by atoms with Crippen LogP contribution in [-0.2, 0) is 0 Å². The van der Waals surface area contributed by atoms with Gasteiger partial charge in [0, 0.05) is 19.7 Å². The van der Waals surface area contributed by atoms with E-state index in [9.17, 15) is 5.11 Å². The van der Waals surface area contributed by atoms with Crippen LogP contribution in [-0.4, -0.2) is 37.0 Å². The Morgan fingerprint density at radius 1 is 1.37 bits per heavy atom. The van der Waals surface area contributed by atoms with Crippen molar-refractivity contribution in [2.24, 2.45) is 5.41 Å². The third-order valence-electron chi connectivity index (χ3n) is 3.21. The number of methoxy groups -OCH3 is 1. The molecule has 0 aromatic heterocycles. The summed E-state index contributed by atoms with van der Waals surface area (Å²) in [4.78, 5) is 0. The van der Waals surface area contributed by atoms with Gasteiger partial charge in [-0.1, -0.05) is 26.0 Å². The maximum atomic E-state index is 10.1. The Kier molecular flexibility index (Phi) is 6.28. The first-order chi connectivity index (χ1) is 8.98. The lowest BCUT2D eigenvalue weighted by atomic mass is 9.89. The molecule has 0 fully saturated rings. The molecule has 0 spiro atoms. The summed E-state index contributed by atoms with van der Waals surface area (Å²) in [5.41, 5.74) is 0.870. The molecular formula is C15H25NO3. The standard InChI is InChI=1S/C15H25NO3/c1-15(2,7-8-17)11-16-10-14(18)12-5-4-6-13(9-12)19-3/h4-6,9,14,16-18H,7-8,10-11H2,1-3H3. The van der Waals surface area contributed by atoms with E-state index in [1.54, 1.807) is 7.11 Å². The highest BCUT2D eigenvalue weighted by atomic mass is 16.5. The monoisotopic (exact) mass is 267 g/mol. The molecule has 3 N–H and O–H groups in total. The van der Waals surface area contributed by atoms with Crippen molar-refractivity contribution in [3.05, 3.63) is 29.8 Å². The van der Waals surface area contributed by atoms with E-state index in [1.165, 1.54) is 0 Å². The van der Waals surface area contributed by atoms with E-state index in [-0.39, 0.29) is 12.0 Å². The molecule has 108 valence electrons. The second-order valence-corrected chi connectivity index (χ2v) is 5.56. The van der Waals surface area contributed by atoms with Crippen LogP contribution >= 0.6 is 0 Å². The van der Waals surface area contributed by atoms with Gasteiger partial charge in [0.25, 0.3) is 0 Å². The Hall–Kier alpha value is -1.10. The number of benzene rings is 1. The second kappa shape index (κ2) is 7.48. The first kappa shape index (κ1) is 16.0. The van der Waals surface area contributed by atoms with Crippen LogP contribution in [0, 0.1) is 5.41 Å². The maximum absolute atomic E-state index is 10.1. The molecule has 1 aromatic rings. The second-order valence-electron chi connectivity index (χ2n) is 5.56. The number of hydrogen-bond acceptors (Lipinski definition) is 4. The van der Waals surface area contributed by atoms with E-state index < -0.39 is 6.10 Å². The molecule has 0 heterocycles. The Morgan fingerprint density at radius 2 is 2.11 bits per heavy atom. The summed E-state index contributed by atoms with van der Waals surface area (Å²) in [6, 6.07) is 7.44. The smallest absolute Gasteiger partial charge is 0.119 e. The summed E-state index contributed by atoms with van der Waals surface area (Å²) < 4.78 is 5.14. The van der Waals surface area contributed by atoms with Gasteiger partial charge >= 0.3 is 0 Å². The molecule has 1 aromatic carbocycles. The van der Waals surface area contributed by atoms with E-state index >= 15 is 0 Å². The minimum Gasteiger partial charge on any atom is -0.497 e. The van der Waals surface area contributed by atoms with Crippen LogP contribution in [0.5, 0.6) is 5.75 Å². The van der Waals surface area contributed by atoms with Crippen LogP contribution in [0.4, 0.5) is 0 Å². The van der Waals surface area contributed by atoms with Crippen LogP contribution in [0.15, 0.2) is 24.3 Å². The largest absolute Gasteiger partial charge is 0.497 e. The summed E-state index contributed by atoms with van der Waals surface area (Å²) in [6.07, 6.45) is 0.190. The van der Waals surface area contributed by atoms with E-state index in [0.717, 1.165) is 24.3 Å². The molecule has 4 heteroatoms. The number of rotatable bonds is 8. The van der Waals surface area contributed by atoms with E-state index in [1.807, 2.05) is 24.3 Å². The third-order valence-corrected chi connectivity index (χ3v) is 3.21. The molecule has 0 aliphatic carbocycles. The Bertz CT molecular complexity index is 379. The van der Waals surface area contributed by atoms with Crippen LogP contribution in [0.25, 0.3) is 0 Å². The fourth-order valence-electron chi connectivity index (χ4n) is 1.90. The molecule has 0 saturated carbocycles. The van der Waals surface area contributed by atoms with E-state index in [0.29, 0.717) is 6.54 Å². The average Bonchev–Trinajstić information content (AvgIpc) is 2.38. The van der Waals surface area contributed by atoms with Crippen molar-refractivity contribution >= 4 is 0 Å². The lowest BCUT2D eigenvalue weighted by Gasteiger charge is -2.25. The zero-order chi connectivity index (χ0) is 14.3. The molecule has 1 rings (SSSR count). The molecule has 0 aliphatic heterocycles. The van der Waals surface area contributed by atoms with Crippen molar-refractivity contribution in [2.75, 3.05) is 26.8 Å². The highest BCUT2D eigenvalue weighted by molar-refractivity contribution is 5.29. The molecule has 0 amide bonds. The minimum atomic E-state index is -0.556. The van der Waals surface area contributed by atoms with Crippen molar-refractivity contribution in [2.45, 2.75) is 26.4 Å². The number of nitrogens with one attached hydrogen (secondary N) is 1. The lowest BCUT2D eigenvalue weighted by Crippen LogP contribution is -2.33. The van der Waals surface area contributed by atoms with Gasteiger partial charge in [0.2, 0.25) is 0 Å². The number of aliphatic hydroxyl groups is 2. The summed E-state index contributed by atoms with van der Waals surface area (Å²) in [5, 5.41) is 22.3. The van der Waals surface area contributed by atoms with Gasteiger partial charge in [-0.15, -0.1) is 0 Å². The Labute approximate surface area is 115 Å². The van der Waals surface area contributed by atoms with Crippen LogP contribution in [0.3, 0.4) is 0 Å². The molecule has 0 saturated heterocycles. The average molecular weight is 267 g/mol. The summed E-state index contributed by atoms with van der Waals surface area (Å²) in [6.45, 7) is 5.62. The quantitative estimate of drug-likeness (QED) is 0.671. The fraction of sp³-hybridized carbons (Fsp3) is 0.600. The highest BCUT2D eigenvalue weighted by Crippen LogP contribution is 2.20. The molecule has 1 atom stereocenters. The van der Waals surface area contributed by atoms with Crippen molar-refractivity contribution < 1.29 is 14.9 Å². The predicted octanol–water partition coefficient (Wildman–Crippen LogP) is 1.73. The topological polar surface area (TPSA) is 61.7 Å². The molecule has 4 nitrogen and oxygen atoms in total. The molecule has 0 aliphatic rings. The van der Waals surface area contributed by atoms with Gasteiger partial charge < -0.3 is 20.3 Å². The maximum Gasteiger partial charge on any atom is 0.119 e. The SMILES string of the molecule is COc1cccc(C(O)CNCC(C)(C)CCO)c1. The van der Waals surface area contributed by atoms with Gasteiger partial charge in [0.1, 0.15) is 5.75 Å². The Balaban J connectivity index is 2.44. The molecule has 0 radical (unpaired) electrons. The number of aliphatic hydroxyl groups excluding tert-OH is 2. The van der Waals surface area contributed by atoms with Gasteiger partial charge in [0.15, 0.2) is 0 Å². The van der Waals surface area contributed by atoms with Crippen molar-refractivity contribution in [1.29, 1.82) is 0 Å². The summed E-state index contributed by atoms with van der Waals surface area (Å²) >= 11 is 0. The van der Waals surface area contributed by atoms with E-state index in [2.05, 4.69) is 19.2 Å². The van der Waals surface area contributed by atoms with Crippen LogP contribution < -0.4 is 10.1 Å². The first-order valence-electron chi connectivity index (χ1n) is 6.62. The van der Waals surface area contributed by atoms with Gasteiger partial charge in [-0.25, -0.2) is 0 Å². The third kappa shape index (κ3) is 5.59. The molecule has 0 bridgehead atoms. The van der Waals surface area contributed by atoms with Crippen molar-refractivity contribution in [1.82, 2.24) is 5.32 Å². The van der Waals surface area contributed by atoms with Gasteiger partial charge in [-0.05, 0) is 29.5 Å². The zero-order valence-corrected chi connectivity index (χ0v) is 12.0. The lowest BCUT2D eigenvalue weighted by molar-refractivity contribution is 0.160. The van der Waals surface area contributed by atoms with Crippen molar-refractivity contribution in [3.8, 4) is 5.75 Å². The Morgan fingerprint density at radius 3 is 2.74 bits per heavy atom. The number of ether oxygens (including phenoxy) is 1. The molecule has 1 unspecified atom stereocenters. The first-order valence-corrected chi connectivity index (χ1v) is 6.62. The summed E-state index contributed by atoms with van der Waals surface area (Å²) in [7, 11) is 1.61. The van der Waals surface area contributed by atoms with E-state index in [4.69, 9.17) is 9.84 Å². The van der Waals surface area contributed by atoms with Crippen molar-refractivity contribution in [3.63, 3.8) is 0 Å². The van der Waals surface area contributed by atoms with Crippen LogP contribution in [0.1, 0.15) is 31.9 Å². The normalized spacial score (nSPS) is 13.3. The molecule has 19 heavy (non-hydrogen) atoms. The zero-order valence-electron chi connectivity index (χ0n) is 12.0.